The van der Waals surface area contributed by atoms with Gasteiger partial charge in [0, 0.05) is 27.7 Å². The molecule has 2 bridgehead atoms. The normalized spacial score (nSPS) is 28.2. The van der Waals surface area contributed by atoms with Crippen LogP contribution in [-0.4, -0.2) is 59.1 Å². The van der Waals surface area contributed by atoms with Crippen molar-refractivity contribution in [2.75, 3.05) is 6.54 Å². The molecule has 3 amide bonds. The van der Waals surface area contributed by atoms with Gasteiger partial charge in [-0.25, -0.2) is 5.01 Å². The predicted molar refractivity (Wildman–Crippen MR) is 152 cm³/mol. The first-order valence-corrected chi connectivity index (χ1v) is 14.2. The van der Waals surface area contributed by atoms with E-state index < -0.39 is 66.6 Å². The van der Waals surface area contributed by atoms with E-state index in [0.717, 1.165) is 12.1 Å². The van der Waals surface area contributed by atoms with Crippen LogP contribution in [0.15, 0.2) is 63.1 Å². The van der Waals surface area contributed by atoms with Gasteiger partial charge in [0.2, 0.25) is 0 Å². The number of ketones is 1. The molecule has 5 rings (SSSR count). The molecule has 0 radical (unpaired) electrons. The Morgan fingerprint density at radius 1 is 0.925 bits per heavy atom. The van der Waals surface area contributed by atoms with Crippen molar-refractivity contribution >= 4 is 115 Å². The smallest absolute Gasteiger partial charge is 0.273 e. The summed E-state index contributed by atoms with van der Waals surface area (Å²) in [5, 5.41) is 11.7. The van der Waals surface area contributed by atoms with Crippen LogP contribution in [-0.2, 0) is 9.59 Å². The number of allylic oxidation sites excluding steroid dienone is 2. The zero-order chi connectivity index (χ0) is 29.5. The second-order valence-corrected chi connectivity index (χ2v) is 13.4. The second-order valence-electron chi connectivity index (χ2n) is 9.17. The molecule has 40 heavy (non-hydrogen) atoms. The van der Waals surface area contributed by atoms with E-state index in [9.17, 15) is 29.3 Å². The van der Waals surface area contributed by atoms with Crippen molar-refractivity contribution in [3.63, 3.8) is 0 Å². The van der Waals surface area contributed by atoms with Crippen LogP contribution in [0.4, 0.5) is 5.69 Å². The van der Waals surface area contributed by atoms with Crippen molar-refractivity contribution < 1.29 is 24.1 Å². The third kappa shape index (κ3) is 3.80. The summed E-state index contributed by atoms with van der Waals surface area (Å²) in [7, 11) is 0. The number of hydrogen-bond donors (Lipinski definition) is 0. The number of nitro benzene ring substituents is 1. The van der Waals surface area contributed by atoms with E-state index in [1.807, 2.05) is 0 Å². The quantitative estimate of drug-likeness (QED) is 0.118. The van der Waals surface area contributed by atoms with Crippen molar-refractivity contribution in [3.8, 4) is 0 Å². The third-order valence-corrected chi connectivity index (χ3v) is 11.9. The average molecular weight is 731 g/mol. The number of carbonyl (C=O) groups is 4. The molecule has 0 unspecified atom stereocenters. The summed E-state index contributed by atoms with van der Waals surface area (Å²) in [6.07, 6.45) is 0. The van der Waals surface area contributed by atoms with E-state index in [4.69, 9.17) is 69.6 Å². The molecule has 4 atom stereocenters. The zero-order valence-corrected chi connectivity index (χ0v) is 25.5. The van der Waals surface area contributed by atoms with Crippen LogP contribution < -0.4 is 0 Å². The van der Waals surface area contributed by atoms with Crippen molar-refractivity contribution in [2.45, 2.75) is 14.1 Å². The number of alkyl halides is 4. The highest BCUT2D eigenvalue weighted by Gasteiger charge is 2.88. The molecule has 1 aliphatic heterocycles. The van der Waals surface area contributed by atoms with Crippen LogP contribution in [0.25, 0.3) is 0 Å². The minimum atomic E-state index is -2.20. The lowest BCUT2D eigenvalue weighted by atomic mass is 9.84. The summed E-state index contributed by atoms with van der Waals surface area (Å²) in [4.78, 5) is 61.1. The van der Waals surface area contributed by atoms with Crippen LogP contribution in [0.3, 0.4) is 0 Å². The van der Waals surface area contributed by atoms with Gasteiger partial charge >= 0.3 is 0 Å². The van der Waals surface area contributed by atoms with Crippen LogP contribution in [0.2, 0.25) is 0 Å². The lowest BCUT2D eigenvalue weighted by molar-refractivity contribution is -0.384. The summed E-state index contributed by atoms with van der Waals surface area (Å²) in [6.45, 7) is -0.813. The molecule has 0 N–H and O–H groups in total. The number of hydrazine groups is 1. The van der Waals surface area contributed by atoms with Crippen molar-refractivity contribution in [1.82, 2.24) is 10.0 Å². The maximum Gasteiger partial charge on any atom is 0.273 e. The Balaban J connectivity index is 1.61. The van der Waals surface area contributed by atoms with E-state index in [2.05, 4.69) is 15.9 Å². The summed E-state index contributed by atoms with van der Waals surface area (Å²) in [6, 6.07) is 10.6. The number of benzene rings is 2. The van der Waals surface area contributed by atoms with Gasteiger partial charge in [0.25, 0.3) is 23.4 Å². The number of nitrogens with zero attached hydrogens (tertiary/aromatic N) is 3. The molecule has 1 heterocycles. The summed E-state index contributed by atoms with van der Waals surface area (Å²) < 4.78 is -1.53. The van der Waals surface area contributed by atoms with E-state index in [-0.39, 0.29) is 21.2 Å². The van der Waals surface area contributed by atoms with Crippen molar-refractivity contribution in [2.24, 2.45) is 11.8 Å². The molecule has 3 aliphatic rings. The number of Topliss-reactive ketones (excluding diaryl/α,β-unsaturated/α-hetero) is 1. The standard InChI is InChI=1S/C24H12BrCl6N3O6/c25-12-6-4-10(5-7-12)14(35)9-32(19(36)11-2-1-3-13(8-11)34(39)40)33-20(37)15-16(21(33)38)23(29)18(27)17(26)22(15,28)24(23,30)31/h1-8,15-16H,9H2/t15-,16-,22-,23-/m1/s1. The van der Waals surface area contributed by atoms with Crippen LogP contribution >= 0.6 is 85.5 Å². The van der Waals surface area contributed by atoms with Gasteiger partial charge in [-0.2, -0.15) is 5.01 Å². The maximum atomic E-state index is 13.9. The van der Waals surface area contributed by atoms with Gasteiger partial charge in [0.1, 0.15) is 16.3 Å². The highest BCUT2D eigenvalue weighted by Crippen LogP contribution is 2.77. The fourth-order valence-electron chi connectivity index (χ4n) is 5.22. The molecular formula is C24H12BrCl6N3O6. The summed E-state index contributed by atoms with van der Waals surface area (Å²) in [5.74, 6) is -6.99. The molecule has 16 heteroatoms. The molecule has 1 saturated carbocycles. The Bertz CT molecular complexity index is 1520. The maximum absolute atomic E-state index is 13.9. The first-order chi connectivity index (χ1) is 18.6. The molecular weight excluding hydrogens is 719 g/mol. The van der Waals surface area contributed by atoms with Gasteiger partial charge in [-0.15, -0.1) is 23.2 Å². The number of imide groups is 1. The van der Waals surface area contributed by atoms with Gasteiger partial charge in [-0.3, -0.25) is 29.3 Å². The second kappa shape index (κ2) is 9.83. The van der Waals surface area contributed by atoms with Crippen LogP contribution in [0.1, 0.15) is 20.7 Å². The summed E-state index contributed by atoms with van der Waals surface area (Å²) >= 11 is 42.5. The molecule has 2 aromatic carbocycles. The van der Waals surface area contributed by atoms with Gasteiger partial charge < -0.3 is 0 Å². The van der Waals surface area contributed by atoms with Crippen LogP contribution in [0, 0.1) is 22.0 Å². The van der Waals surface area contributed by atoms with E-state index >= 15 is 0 Å². The molecule has 1 saturated heterocycles. The number of amides is 3. The Kier molecular flexibility index (Phi) is 7.27. The third-order valence-electron chi connectivity index (χ3n) is 7.12. The minimum absolute atomic E-state index is 0.148. The monoisotopic (exact) mass is 727 g/mol. The van der Waals surface area contributed by atoms with Crippen molar-refractivity contribution in [3.05, 3.63) is 84.3 Å². The molecule has 9 nitrogen and oxygen atoms in total. The Morgan fingerprint density at radius 2 is 1.45 bits per heavy atom. The SMILES string of the molecule is O=C(CN(C(=O)c1cccc([N+](=O)[O-])c1)N1C(=O)[C@H]2[C@H](C1=O)[C@@]1(Cl)C(Cl)=C(Cl)[C@@]2(Cl)C1(Cl)Cl)c1ccc(Br)cc1. The van der Waals surface area contributed by atoms with Crippen LogP contribution in [0.5, 0.6) is 0 Å². The highest BCUT2D eigenvalue weighted by atomic mass is 79.9. The predicted octanol–water partition coefficient (Wildman–Crippen LogP) is 6.04. The van der Waals surface area contributed by atoms with Crippen molar-refractivity contribution in [1.29, 1.82) is 0 Å². The molecule has 0 aromatic heterocycles. The van der Waals surface area contributed by atoms with Gasteiger partial charge in [0.15, 0.2) is 10.1 Å². The van der Waals surface area contributed by atoms with E-state index in [0.29, 0.717) is 14.5 Å². The zero-order valence-electron chi connectivity index (χ0n) is 19.4. The largest absolute Gasteiger partial charge is 0.292 e. The Labute approximate surface area is 264 Å². The van der Waals surface area contributed by atoms with E-state index in [1.54, 1.807) is 12.1 Å². The fraction of sp³-hybridized carbons (Fsp3) is 0.250. The topological polar surface area (TPSA) is 118 Å². The molecule has 0 spiro atoms. The number of rotatable bonds is 6. The minimum Gasteiger partial charge on any atom is -0.292 e. The molecule has 208 valence electrons. The Morgan fingerprint density at radius 3 is 1.95 bits per heavy atom. The first kappa shape index (κ1) is 29.6. The van der Waals surface area contributed by atoms with Gasteiger partial charge in [0.05, 0.1) is 26.8 Å². The van der Waals surface area contributed by atoms with Gasteiger partial charge in [-0.1, -0.05) is 80.5 Å². The number of fused-ring (bicyclic) bond motifs is 5. The molecule has 2 aliphatic carbocycles. The lowest BCUT2D eigenvalue weighted by Gasteiger charge is -2.36. The number of non-ortho nitro benzene ring substituents is 1. The molecule has 2 fully saturated rings. The number of hydrogen-bond acceptors (Lipinski definition) is 6. The number of nitro groups is 1. The van der Waals surface area contributed by atoms with E-state index in [1.165, 1.54) is 24.3 Å². The summed E-state index contributed by atoms with van der Waals surface area (Å²) in [5.41, 5.74) is -0.566. The Hall–Kier alpha value is -1.92. The number of carbonyl (C=O) groups excluding carboxylic acids is 4. The average Bonchev–Trinajstić information content (AvgIpc) is 3.30. The fourth-order valence-corrected chi connectivity index (χ4v) is 8.41. The molecule has 2 aromatic rings. The lowest BCUT2D eigenvalue weighted by Crippen LogP contribution is -2.56. The highest BCUT2D eigenvalue weighted by molar-refractivity contribution is 9.10. The van der Waals surface area contributed by atoms with Gasteiger partial charge in [-0.05, 0) is 18.2 Å². The first-order valence-electron chi connectivity index (χ1n) is 11.1. The number of halogens is 7.